The van der Waals surface area contributed by atoms with Gasteiger partial charge in [-0.25, -0.2) is 4.79 Å². The van der Waals surface area contributed by atoms with Crippen LogP contribution in [0.3, 0.4) is 0 Å². The third-order valence-electron chi connectivity index (χ3n) is 7.23. The summed E-state index contributed by atoms with van der Waals surface area (Å²) in [6, 6.07) is 21.8. The highest BCUT2D eigenvalue weighted by Crippen LogP contribution is 2.53. The predicted molar refractivity (Wildman–Crippen MR) is 146 cm³/mol. The molecule has 4 atom stereocenters. The zero-order valence-electron chi connectivity index (χ0n) is 20.4. The summed E-state index contributed by atoms with van der Waals surface area (Å²) in [5.41, 5.74) is 1.52. The molecule has 9 heteroatoms. The van der Waals surface area contributed by atoms with Crippen molar-refractivity contribution in [3.05, 3.63) is 117 Å². The van der Waals surface area contributed by atoms with E-state index in [0.717, 1.165) is 0 Å². The number of carbonyl (C=O) groups excluding carboxylic acids is 2. The fourth-order valence-corrected chi connectivity index (χ4v) is 6.44. The first-order chi connectivity index (χ1) is 18.9. The average molecular weight is 560 g/mol. The monoisotopic (exact) mass is 559 g/mol. The largest absolute Gasteiger partial charge is 0.480 e. The first-order valence-corrected chi connectivity index (χ1v) is 13.5. The summed E-state index contributed by atoms with van der Waals surface area (Å²) in [5, 5.41) is 12.9. The highest BCUT2D eigenvalue weighted by atomic mass is 35.5. The van der Waals surface area contributed by atoms with Crippen LogP contribution in [0.15, 0.2) is 90.3 Å². The van der Waals surface area contributed by atoms with Gasteiger partial charge in [0.1, 0.15) is 6.04 Å². The highest BCUT2D eigenvalue weighted by Gasteiger charge is 2.58. The van der Waals surface area contributed by atoms with E-state index in [9.17, 15) is 19.5 Å². The van der Waals surface area contributed by atoms with Gasteiger partial charge in [-0.3, -0.25) is 9.59 Å². The number of rotatable bonds is 6. The molecule has 0 spiro atoms. The van der Waals surface area contributed by atoms with Gasteiger partial charge in [0.2, 0.25) is 6.79 Å². The van der Waals surface area contributed by atoms with Gasteiger partial charge in [0.25, 0.3) is 5.91 Å². The minimum atomic E-state index is -1.33. The third-order valence-corrected chi connectivity index (χ3v) is 8.37. The number of amides is 1. The van der Waals surface area contributed by atoms with Crippen LogP contribution in [0.5, 0.6) is 11.5 Å². The van der Waals surface area contributed by atoms with Crippen molar-refractivity contribution in [1.82, 2.24) is 4.90 Å². The molecule has 1 N–H and O–H groups in total. The molecule has 3 aromatic carbocycles. The molecule has 2 aliphatic rings. The summed E-state index contributed by atoms with van der Waals surface area (Å²) in [6.45, 7) is 0.0544. The fourth-order valence-electron chi connectivity index (χ4n) is 5.60. The lowest BCUT2D eigenvalue weighted by Gasteiger charge is -2.30. The van der Waals surface area contributed by atoms with Crippen LogP contribution in [0.2, 0.25) is 5.02 Å². The number of carboxylic acid groups (broad SMARTS) is 1. The van der Waals surface area contributed by atoms with Crippen molar-refractivity contribution in [1.29, 1.82) is 0 Å². The maximum atomic E-state index is 14.2. The number of carbonyl (C=O) groups is 3. The van der Waals surface area contributed by atoms with Gasteiger partial charge in [0, 0.05) is 16.5 Å². The van der Waals surface area contributed by atoms with Crippen molar-refractivity contribution in [2.24, 2.45) is 5.92 Å². The molecule has 39 heavy (non-hydrogen) atoms. The van der Waals surface area contributed by atoms with Crippen molar-refractivity contribution in [2.75, 3.05) is 6.79 Å². The zero-order chi connectivity index (χ0) is 27.1. The minimum absolute atomic E-state index is 0.0544. The molecule has 0 aliphatic carbocycles. The van der Waals surface area contributed by atoms with E-state index in [4.69, 9.17) is 21.1 Å². The zero-order valence-corrected chi connectivity index (χ0v) is 22.0. The first-order valence-electron chi connectivity index (χ1n) is 12.3. The van der Waals surface area contributed by atoms with Crippen molar-refractivity contribution in [2.45, 2.75) is 18.0 Å². The van der Waals surface area contributed by atoms with Crippen LogP contribution in [0, 0.1) is 5.92 Å². The number of likely N-dealkylation sites (tertiary alicyclic amines) is 1. The van der Waals surface area contributed by atoms with E-state index in [2.05, 4.69) is 0 Å². The lowest BCUT2D eigenvalue weighted by molar-refractivity contribution is -0.142. The molecule has 2 aliphatic heterocycles. The van der Waals surface area contributed by atoms with Crippen LogP contribution in [-0.4, -0.2) is 40.5 Å². The van der Waals surface area contributed by atoms with Crippen molar-refractivity contribution >= 4 is 40.6 Å². The second kappa shape index (κ2) is 10.2. The molecule has 1 aromatic heterocycles. The smallest absolute Gasteiger partial charge is 0.327 e. The molecule has 7 nitrogen and oxygen atoms in total. The number of benzene rings is 3. The number of hydrogen-bond donors (Lipinski definition) is 1. The highest BCUT2D eigenvalue weighted by molar-refractivity contribution is 7.12. The number of halogens is 1. The van der Waals surface area contributed by atoms with E-state index >= 15 is 0 Å². The Kier molecular flexibility index (Phi) is 6.58. The van der Waals surface area contributed by atoms with E-state index in [1.165, 1.54) is 16.2 Å². The molecule has 1 fully saturated rings. The first kappa shape index (κ1) is 25.2. The van der Waals surface area contributed by atoms with Crippen LogP contribution in [0.1, 0.15) is 43.1 Å². The lowest BCUT2D eigenvalue weighted by atomic mass is 9.77. The molecule has 1 saturated heterocycles. The standard InChI is InChI=1S/C30H22ClNO6S/c31-20-11-8-17(9-12-20)24-25(28(33)23-7-4-14-39-23)26(19-10-13-21-22(15-19)38-16-37-21)32(27(24)30(35)36)29(34)18-5-2-1-3-6-18/h1-15,24-27H,16H2,(H,35,36). The Labute approximate surface area is 233 Å². The Morgan fingerprint density at radius 3 is 2.28 bits per heavy atom. The number of fused-ring (bicyclic) bond motifs is 1. The Balaban J connectivity index is 1.60. The molecule has 1 amide bonds. The molecule has 0 saturated carbocycles. The van der Waals surface area contributed by atoms with Crippen molar-refractivity contribution < 1.29 is 29.0 Å². The van der Waals surface area contributed by atoms with Gasteiger partial charge in [0.15, 0.2) is 17.3 Å². The summed E-state index contributed by atoms with van der Waals surface area (Å²) in [7, 11) is 0. The summed E-state index contributed by atoms with van der Waals surface area (Å²) in [6.07, 6.45) is 0. The maximum absolute atomic E-state index is 14.2. The van der Waals surface area contributed by atoms with E-state index in [1.807, 2.05) is 0 Å². The summed E-state index contributed by atoms with van der Waals surface area (Å²) in [5.74, 6) is -2.65. The van der Waals surface area contributed by atoms with Gasteiger partial charge < -0.3 is 19.5 Å². The second-order valence-electron chi connectivity index (χ2n) is 9.36. The van der Waals surface area contributed by atoms with E-state index in [1.54, 1.807) is 90.3 Å². The number of nitrogens with zero attached hydrogens (tertiary/aromatic N) is 1. The number of hydrogen-bond acceptors (Lipinski definition) is 6. The SMILES string of the molecule is O=C(c1cccs1)C1C(c2ccc(Cl)cc2)C(C(=O)O)N(C(=O)c2ccccc2)C1c1ccc2c(c1)OCO2. The van der Waals surface area contributed by atoms with Gasteiger partial charge in [0.05, 0.1) is 16.8 Å². The van der Waals surface area contributed by atoms with E-state index in [-0.39, 0.29) is 12.6 Å². The van der Waals surface area contributed by atoms with Crippen LogP contribution < -0.4 is 9.47 Å². The molecule has 3 heterocycles. The van der Waals surface area contributed by atoms with Crippen LogP contribution in [0.4, 0.5) is 0 Å². The van der Waals surface area contributed by atoms with Gasteiger partial charge in [-0.1, -0.05) is 54.1 Å². The number of carboxylic acids is 1. The van der Waals surface area contributed by atoms with Gasteiger partial charge in [-0.2, -0.15) is 0 Å². The molecule has 4 unspecified atom stereocenters. The van der Waals surface area contributed by atoms with E-state index in [0.29, 0.717) is 38.1 Å². The molecule has 6 rings (SSSR count). The fraction of sp³-hybridized carbons (Fsp3) is 0.167. The van der Waals surface area contributed by atoms with Gasteiger partial charge in [-0.05, 0) is 59.0 Å². The van der Waals surface area contributed by atoms with Crippen LogP contribution >= 0.6 is 22.9 Å². The Morgan fingerprint density at radius 1 is 0.872 bits per heavy atom. The minimum Gasteiger partial charge on any atom is -0.480 e. The number of ketones is 1. The number of aliphatic carboxylic acids is 1. The summed E-state index contributed by atoms with van der Waals surface area (Å²) < 4.78 is 11.1. The van der Waals surface area contributed by atoms with Crippen molar-refractivity contribution in [3.63, 3.8) is 0 Å². The molecule has 0 bridgehead atoms. The molecule has 196 valence electrons. The Morgan fingerprint density at radius 2 is 1.59 bits per heavy atom. The summed E-state index contributed by atoms with van der Waals surface area (Å²) >= 11 is 7.45. The Bertz CT molecular complexity index is 1540. The topological polar surface area (TPSA) is 93.1 Å². The average Bonchev–Trinajstić information content (AvgIpc) is 3.71. The Hall–Kier alpha value is -4.14. The lowest BCUT2D eigenvalue weighted by Crippen LogP contribution is -2.43. The number of Topliss-reactive ketones (excluding diaryl/α,β-unsaturated/α-hetero) is 1. The molecular weight excluding hydrogens is 538 g/mol. The third kappa shape index (κ3) is 4.45. The normalized spacial score (nSPS) is 21.6. The van der Waals surface area contributed by atoms with E-state index < -0.39 is 35.8 Å². The molecular formula is C30H22ClNO6S. The maximum Gasteiger partial charge on any atom is 0.327 e. The van der Waals surface area contributed by atoms with Crippen LogP contribution in [-0.2, 0) is 4.79 Å². The number of ether oxygens (including phenoxy) is 2. The van der Waals surface area contributed by atoms with Crippen LogP contribution in [0.25, 0.3) is 0 Å². The molecule has 4 aromatic rings. The quantitative estimate of drug-likeness (QED) is 0.288. The molecule has 0 radical (unpaired) electrons. The van der Waals surface area contributed by atoms with Gasteiger partial charge >= 0.3 is 5.97 Å². The number of thiophene rings is 1. The van der Waals surface area contributed by atoms with Crippen molar-refractivity contribution in [3.8, 4) is 11.5 Å². The second-order valence-corrected chi connectivity index (χ2v) is 10.7. The predicted octanol–water partition coefficient (Wildman–Crippen LogP) is 6.06. The summed E-state index contributed by atoms with van der Waals surface area (Å²) in [4.78, 5) is 43.3. The van der Waals surface area contributed by atoms with Gasteiger partial charge in [-0.15, -0.1) is 11.3 Å².